The SMILES string of the molecule is Nc1nccc(C2CCN(Cc3ccc(-c4ccccc4C(=O)O)o3)C2)n1. The normalized spacial score (nSPS) is 17.3. The van der Waals surface area contributed by atoms with Crippen LogP contribution in [0.25, 0.3) is 11.3 Å². The van der Waals surface area contributed by atoms with Crippen molar-refractivity contribution in [2.24, 2.45) is 0 Å². The number of nitrogen functional groups attached to an aromatic ring is 1. The topological polar surface area (TPSA) is 105 Å². The molecule has 1 aromatic carbocycles. The fourth-order valence-electron chi connectivity index (χ4n) is 3.55. The zero-order valence-electron chi connectivity index (χ0n) is 14.7. The van der Waals surface area contributed by atoms with Crippen LogP contribution in [-0.2, 0) is 6.54 Å². The Bertz CT molecular complexity index is 969. The molecule has 3 aromatic rings. The standard InChI is InChI=1S/C20H20N4O3/c21-20-22-9-7-17(23-20)13-8-10-24(11-13)12-14-5-6-18(27-14)15-3-1-2-4-16(15)19(25)26/h1-7,9,13H,8,10-12H2,(H,25,26)(H2,21,22,23). The van der Waals surface area contributed by atoms with Gasteiger partial charge in [-0.05, 0) is 37.2 Å². The van der Waals surface area contributed by atoms with Gasteiger partial charge in [0, 0.05) is 24.2 Å². The average Bonchev–Trinajstić information content (AvgIpc) is 3.32. The van der Waals surface area contributed by atoms with Crippen molar-refractivity contribution < 1.29 is 14.3 Å². The van der Waals surface area contributed by atoms with Crippen LogP contribution in [0.1, 0.15) is 34.2 Å². The molecule has 7 heteroatoms. The van der Waals surface area contributed by atoms with Crippen LogP contribution in [0.2, 0.25) is 0 Å². The summed E-state index contributed by atoms with van der Waals surface area (Å²) in [6, 6.07) is 12.5. The van der Waals surface area contributed by atoms with Crippen molar-refractivity contribution in [3.63, 3.8) is 0 Å². The first-order valence-electron chi connectivity index (χ1n) is 8.82. The van der Waals surface area contributed by atoms with Gasteiger partial charge in [-0.1, -0.05) is 18.2 Å². The predicted octanol–water partition coefficient (Wildman–Crippen LogP) is 3.01. The number of furan rings is 1. The van der Waals surface area contributed by atoms with Crippen LogP contribution in [0.5, 0.6) is 0 Å². The van der Waals surface area contributed by atoms with E-state index in [-0.39, 0.29) is 5.56 Å². The maximum atomic E-state index is 11.4. The Kier molecular flexibility index (Phi) is 4.60. The molecular weight excluding hydrogens is 344 g/mol. The van der Waals surface area contributed by atoms with E-state index >= 15 is 0 Å². The van der Waals surface area contributed by atoms with E-state index in [0.717, 1.165) is 31.0 Å². The molecule has 0 amide bonds. The van der Waals surface area contributed by atoms with E-state index in [9.17, 15) is 9.90 Å². The highest BCUT2D eigenvalue weighted by molar-refractivity contribution is 5.95. The van der Waals surface area contributed by atoms with Crippen molar-refractivity contribution >= 4 is 11.9 Å². The summed E-state index contributed by atoms with van der Waals surface area (Å²) in [7, 11) is 0. The fraction of sp³-hybridized carbons (Fsp3) is 0.250. The molecule has 0 saturated carbocycles. The molecule has 27 heavy (non-hydrogen) atoms. The van der Waals surface area contributed by atoms with Gasteiger partial charge < -0.3 is 15.3 Å². The van der Waals surface area contributed by atoms with E-state index in [0.29, 0.717) is 29.7 Å². The molecule has 3 heterocycles. The maximum Gasteiger partial charge on any atom is 0.336 e. The zero-order valence-corrected chi connectivity index (χ0v) is 14.7. The number of benzene rings is 1. The minimum absolute atomic E-state index is 0.237. The van der Waals surface area contributed by atoms with Crippen molar-refractivity contribution in [2.45, 2.75) is 18.9 Å². The van der Waals surface area contributed by atoms with Crippen molar-refractivity contribution in [3.8, 4) is 11.3 Å². The molecular formula is C20H20N4O3. The van der Waals surface area contributed by atoms with Gasteiger partial charge in [0.2, 0.25) is 5.95 Å². The Labute approximate surface area is 156 Å². The number of carboxylic acids is 1. The zero-order chi connectivity index (χ0) is 18.8. The third kappa shape index (κ3) is 3.68. The van der Waals surface area contributed by atoms with Crippen LogP contribution in [0.3, 0.4) is 0 Å². The summed E-state index contributed by atoms with van der Waals surface area (Å²) in [5.74, 6) is 1.06. The van der Waals surface area contributed by atoms with Crippen LogP contribution >= 0.6 is 0 Å². The molecule has 1 aliphatic rings. The third-order valence-electron chi connectivity index (χ3n) is 4.85. The maximum absolute atomic E-state index is 11.4. The number of aromatic carboxylic acids is 1. The fourth-order valence-corrected chi connectivity index (χ4v) is 3.55. The number of likely N-dealkylation sites (tertiary alicyclic amines) is 1. The molecule has 2 aromatic heterocycles. The first-order chi connectivity index (χ1) is 13.1. The van der Waals surface area contributed by atoms with Crippen LogP contribution < -0.4 is 5.73 Å². The number of nitrogens with two attached hydrogens (primary N) is 1. The third-order valence-corrected chi connectivity index (χ3v) is 4.85. The molecule has 0 bridgehead atoms. The minimum atomic E-state index is -0.963. The van der Waals surface area contributed by atoms with E-state index < -0.39 is 5.97 Å². The first-order valence-corrected chi connectivity index (χ1v) is 8.82. The second-order valence-corrected chi connectivity index (χ2v) is 6.68. The van der Waals surface area contributed by atoms with Gasteiger partial charge in [0.15, 0.2) is 0 Å². The lowest BCUT2D eigenvalue weighted by Gasteiger charge is -2.14. The van der Waals surface area contributed by atoms with Gasteiger partial charge in [0.1, 0.15) is 11.5 Å². The van der Waals surface area contributed by atoms with Gasteiger partial charge in [-0.2, -0.15) is 0 Å². The van der Waals surface area contributed by atoms with Crippen LogP contribution in [0, 0.1) is 0 Å². The molecule has 1 atom stereocenters. The summed E-state index contributed by atoms with van der Waals surface area (Å²) >= 11 is 0. The van der Waals surface area contributed by atoms with E-state index in [1.165, 1.54) is 0 Å². The Morgan fingerprint density at radius 3 is 2.93 bits per heavy atom. The van der Waals surface area contributed by atoms with Crippen molar-refractivity contribution in [1.82, 2.24) is 14.9 Å². The molecule has 1 unspecified atom stereocenters. The molecule has 0 radical (unpaired) electrons. The molecule has 1 saturated heterocycles. The molecule has 1 fully saturated rings. The monoisotopic (exact) mass is 364 g/mol. The summed E-state index contributed by atoms with van der Waals surface area (Å²) < 4.78 is 5.93. The van der Waals surface area contributed by atoms with Gasteiger partial charge >= 0.3 is 5.97 Å². The van der Waals surface area contributed by atoms with Crippen molar-refractivity contribution in [2.75, 3.05) is 18.8 Å². The van der Waals surface area contributed by atoms with Crippen molar-refractivity contribution in [1.29, 1.82) is 0 Å². The van der Waals surface area contributed by atoms with Gasteiger partial charge in [-0.15, -0.1) is 0 Å². The number of carboxylic acid groups (broad SMARTS) is 1. The molecule has 0 spiro atoms. The Balaban J connectivity index is 1.46. The number of hydrogen-bond donors (Lipinski definition) is 2. The number of carbonyl (C=O) groups is 1. The molecule has 138 valence electrons. The first kappa shape index (κ1) is 17.2. The van der Waals surface area contributed by atoms with Gasteiger partial charge in [0.25, 0.3) is 0 Å². The number of rotatable bonds is 5. The Morgan fingerprint density at radius 2 is 2.11 bits per heavy atom. The van der Waals surface area contributed by atoms with Gasteiger partial charge in [-0.3, -0.25) is 4.90 Å². The van der Waals surface area contributed by atoms with Crippen molar-refractivity contribution in [3.05, 3.63) is 65.7 Å². The number of aromatic nitrogens is 2. The van der Waals surface area contributed by atoms with E-state index in [4.69, 9.17) is 10.2 Å². The summed E-state index contributed by atoms with van der Waals surface area (Å²) in [5.41, 5.74) is 7.48. The van der Waals surface area contributed by atoms with E-state index in [1.54, 1.807) is 24.4 Å². The molecule has 4 rings (SSSR count). The van der Waals surface area contributed by atoms with E-state index in [2.05, 4.69) is 14.9 Å². The van der Waals surface area contributed by atoms with Crippen LogP contribution in [-0.4, -0.2) is 39.0 Å². The lowest BCUT2D eigenvalue weighted by atomic mass is 10.1. The lowest BCUT2D eigenvalue weighted by Crippen LogP contribution is -2.19. The second kappa shape index (κ2) is 7.20. The second-order valence-electron chi connectivity index (χ2n) is 6.68. The summed E-state index contributed by atoms with van der Waals surface area (Å²) in [4.78, 5) is 22.0. The highest BCUT2D eigenvalue weighted by atomic mass is 16.4. The van der Waals surface area contributed by atoms with Gasteiger partial charge in [-0.25, -0.2) is 14.8 Å². The summed E-state index contributed by atoms with van der Waals surface area (Å²) in [6.45, 7) is 2.49. The van der Waals surface area contributed by atoms with Gasteiger partial charge in [0.05, 0.1) is 17.8 Å². The van der Waals surface area contributed by atoms with E-state index in [1.807, 2.05) is 24.3 Å². The predicted molar refractivity (Wildman–Crippen MR) is 100 cm³/mol. The minimum Gasteiger partial charge on any atom is -0.478 e. The Morgan fingerprint density at radius 1 is 1.26 bits per heavy atom. The lowest BCUT2D eigenvalue weighted by molar-refractivity contribution is 0.0697. The molecule has 7 nitrogen and oxygen atoms in total. The number of anilines is 1. The largest absolute Gasteiger partial charge is 0.478 e. The molecule has 3 N–H and O–H groups in total. The molecule has 0 aliphatic carbocycles. The molecule has 1 aliphatic heterocycles. The average molecular weight is 364 g/mol. The summed E-state index contributed by atoms with van der Waals surface area (Å²) in [6.07, 6.45) is 2.70. The Hall–Kier alpha value is -3.19. The van der Waals surface area contributed by atoms with Crippen LogP contribution in [0.15, 0.2) is 53.1 Å². The summed E-state index contributed by atoms with van der Waals surface area (Å²) in [5, 5.41) is 9.35. The van der Waals surface area contributed by atoms with Crippen LogP contribution in [0.4, 0.5) is 5.95 Å². The highest BCUT2D eigenvalue weighted by Gasteiger charge is 2.26. The number of nitrogens with zero attached hydrogens (tertiary/aromatic N) is 3. The number of hydrogen-bond acceptors (Lipinski definition) is 6. The quantitative estimate of drug-likeness (QED) is 0.717. The highest BCUT2D eigenvalue weighted by Crippen LogP contribution is 2.29. The smallest absolute Gasteiger partial charge is 0.336 e.